The number of nitriles is 1. The average Bonchev–Trinajstić information content (AvgIpc) is 2.78. The highest BCUT2D eigenvalue weighted by Gasteiger charge is 2.12. The number of aromatic nitrogens is 2. The van der Waals surface area contributed by atoms with Crippen LogP contribution in [0.3, 0.4) is 0 Å². The van der Waals surface area contributed by atoms with Crippen LogP contribution in [0.25, 0.3) is 11.3 Å². The molecule has 0 bridgehead atoms. The predicted octanol–water partition coefficient (Wildman–Crippen LogP) is 4.32. The van der Waals surface area contributed by atoms with Gasteiger partial charge in [0.25, 0.3) is 5.56 Å². The zero-order chi connectivity index (χ0) is 21.2. The quantitative estimate of drug-likeness (QED) is 0.316. The van der Waals surface area contributed by atoms with E-state index in [4.69, 9.17) is 4.74 Å². The minimum atomic E-state index is -0.524. The van der Waals surface area contributed by atoms with Crippen molar-refractivity contribution in [3.8, 4) is 23.1 Å². The lowest BCUT2D eigenvalue weighted by Gasteiger charge is -2.09. The van der Waals surface area contributed by atoms with Gasteiger partial charge in [0, 0.05) is 11.1 Å². The number of anilines is 1. The van der Waals surface area contributed by atoms with E-state index in [0.717, 1.165) is 30.6 Å². The summed E-state index contributed by atoms with van der Waals surface area (Å²) in [6, 6.07) is 18.6. The van der Waals surface area contributed by atoms with Crippen LogP contribution >= 0.6 is 0 Å². The maximum absolute atomic E-state index is 12.3. The molecule has 0 radical (unpaired) electrons. The third kappa shape index (κ3) is 5.32. The summed E-state index contributed by atoms with van der Waals surface area (Å²) < 4.78 is 5.84. The maximum Gasteiger partial charge on any atom is 0.270 e. The highest BCUT2D eigenvalue weighted by Crippen LogP contribution is 2.20. The Hall–Kier alpha value is -3.92. The van der Waals surface area contributed by atoms with Crippen molar-refractivity contribution in [2.45, 2.75) is 26.2 Å². The molecule has 0 aliphatic rings. The lowest BCUT2D eigenvalue weighted by atomic mass is 10.1. The molecule has 1 heterocycles. The van der Waals surface area contributed by atoms with E-state index in [1.54, 1.807) is 18.3 Å². The van der Waals surface area contributed by atoms with Crippen molar-refractivity contribution < 1.29 is 4.74 Å². The first kappa shape index (κ1) is 20.8. The Morgan fingerprint density at radius 2 is 1.93 bits per heavy atom. The Labute approximate surface area is 175 Å². The van der Waals surface area contributed by atoms with E-state index in [2.05, 4.69) is 27.4 Å². The van der Waals surface area contributed by atoms with Crippen LogP contribution in [0.2, 0.25) is 0 Å². The number of ether oxygens (including phenoxy) is 1. The van der Waals surface area contributed by atoms with Crippen LogP contribution in [0.15, 0.2) is 64.5 Å². The van der Waals surface area contributed by atoms with E-state index in [-0.39, 0.29) is 11.5 Å². The molecule has 2 aromatic carbocycles. The first-order chi connectivity index (χ1) is 14.7. The molecule has 1 aromatic heterocycles. The summed E-state index contributed by atoms with van der Waals surface area (Å²) in [6.07, 6.45) is 4.87. The minimum absolute atomic E-state index is 0.0402. The Kier molecular flexibility index (Phi) is 7.34. The van der Waals surface area contributed by atoms with Gasteiger partial charge >= 0.3 is 0 Å². The highest BCUT2D eigenvalue weighted by molar-refractivity contribution is 5.83. The van der Waals surface area contributed by atoms with Crippen LogP contribution in [0.1, 0.15) is 37.3 Å². The molecule has 3 aromatic rings. The van der Waals surface area contributed by atoms with Crippen molar-refractivity contribution in [2.24, 2.45) is 5.10 Å². The van der Waals surface area contributed by atoms with Crippen LogP contribution in [-0.2, 0) is 0 Å². The first-order valence-electron chi connectivity index (χ1n) is 9.83. The number of unbranched alkanes of at least 4 members (excludes halogenated alkanes) is 2. The summed E-state index contributed by atoms with van der Waals surface area (Å²) in [6.45, 7) is 2.80. The van der Waals surface area contributed by atoms with Crippen LogP contribution in [0, 0.1) is 11.3 Å². The smallest absolute Gasteiger partial charge is 0.270 e. The molecule has 0 atom stereocenters. The average molecular weight is 401 g/mol. The molecule has 0 aliphatic heterocycles. The van der Waals surface area contributed by atoms with Gasteiger partial charge in [0.05, 0.1) is 18.5 Å². The topological polar surface area (TPSA) is 103 Å². The molecule has 30 heavy (non-hydrogen) atoms. The van der Waals surface area contributed by atoms with Crippen molar-refractivity contribution in [3.63, 3.8) is 0 Å². The predicted molar refractivity (Wildman–Crippen MR) is 118 cm³/mol. The Morgan fingerprint density at radius 1 is 1.17 bits per heavy atom. The minimum Gasteiger partial charge on any atom is -0.493 e. The second-order valence-electron chi connectivity index (χ2n) is 6.58. The lowest BCUT2D eigenvalue weighted by molar-refractivity contribution is 0.306. The van der Waals surface area contributed by atoms with Gasteiger partial charge in [-0.3, -0.25) is 9.78 Å². The molecule has 3 rings (SSSR count). The fourth-order valence-corrected chi connectivity index (χ4v) is 2.85. The van der Waals surface area contributed by atoms with E-state index in [1.165, 1.54) is 0 Å². The zero-order valence-corrected chi connectivity index (χ0v) is 16.8. The molecule has 7 nitrogen and oxygen atoms in total. The maximum atomic E-state index is 12.3. The summed E-state index contributed by atoms with van der Waals surface area (Å²) in [7, 11) is 0. The molecule has 0 aliphatic carbocycles. The molecule has 0 spiro atoms. The van der Waals surface area contributed by atoms with Gasteiger partial charge in [-0.2, -0.15) is 10.4 Å². The Bertz CT molecular complexity index is 1100. The highest BCUT2D eigenvalue weighted by atomic mass is 16.5. The van der Waals surface area contributed by atoms with Crippen LogP contribution < -0.4 is 15.7 Å². The molecule has 2 N–H and O–H groups in total. The van der Waals surface area contributed by atoms with Crippen LogP contribution in [0.4, 0.5) is 5.95 Å². The van der Waals surface area contributed by atoms with Crippen LogP contribution in [0.5, 0.6) is 5.75 Å². The number of hydrogen-bond acceptors (Lipinski definition) is 6. The summed E-state index contributed by atoms with van der Waals surface area (Å²) in [5.41, 5.74) is 3.96. The molecule has 152 valence electrons. The number of rotatable bonds is 9. The monoisotopic (exact) mass is 401 g/mol. The number of benzene rings is 2. The number of para-hydroxylation sites is 1. The van der Waals surface area contributed by atoms with Crippen molar-refractivity contribution in [3.05, 3.63) is 76.1 Å². The Balaban J connectivity index is 1.78. The van der Waals surface area contributed by atoms with E-state index < -0.39 is 5.56 Å². The number of nitrogens with one attached hydrogen (secondary N) is 2. The van der Waals surface area contributed by atoms with Gasteiger partial charge in [-0.15, -0.1) is 0 Å². The van der Waals surface area contributed by atoms with Gasteiger partial charge in [-0.05, 0) is 18.6 Å². The normalized spacial score (nSPS) is 10.7. The van der Waals surface area contributed by atoms with Crippen LogP contribution in [-0.4, -0.2) is 22.8 Å². The van der Waals surface area contributed by atoms with Crippen molar-refractivity contribution in [1.82, 2.24) is 9.97 Å². The summed E-state index contributed by atoms with van der Waals surface area (Å²) in [5.74, 6) is 0.890. The van der Waals surface area contributed by atoms with Gasteiger partial charge in [-0.1, -0.05) is 62.2 Å². The van der Waals surface area contributed by atoms with E-state index in [9.17, 15) is 10.1 Å². The number of hydrogen-bond donors (Lipinski definition) is 2. The van der Waals surface area contributed by atoms with Crippen molar-refractivity contribution in [1.29, 1.82) is 5.26 Å². The molecule has 0 amide bonds. The number of aromatic amines is 1. The second-order valence-corrected chi connectivity index (χ2v) is 6.58. The molecule has 0 saturated heterocycles. The largest absolute Gasteiger partial charge is 0.493 e. The summed E-state index contributed by atoms with van der Waals surface area (Å²) in [5, 5.41) is 13.5. The molecular weight excluding hydrogens is 378 g/mol. The summed E-state index contributed by atoms with van der Waals surface area (Å²) in [4.78, 5) is 19.2. The number of hydrazone groups is 1. The van der Waals surface area contributed by atoms with E-state index in [0.29, 0.717) is 17.9 Å². The molecule has 0 unspecified atom stereocenters. The Morgan fingerprint density at radius 3 is 2.70 bits per heavy atom. The first-order valence-corrected chi connectivity index (χ1v) is 9.83. The third-order valence-corrected chi connectivity index (χ3v) is 4.38. The number of H-pyrrole nitrogens is 1. The number of nitrogens with zero attached hydrogens (tertiary/aromatic N) is 3. The van der Waals surface area contributed by atoms with Crippen molar-refractivity contribution >= 4 is 12.2 Å². The SMILES string of the molecule is CCCCCOc1ccccc1C=NNc1nc(-c2ccccc2)c(C#N)c(=O)[nH]1. The fourth-order valence-electron chi connectivity index (χ4n) is 2.85. The van der Waals surface area contributed by atoms with Gasteiger partial charge in [0.1, 0.15) is 17.4 Å². The molecular formula is C23H23N5O2. The molecule has 7 heteroatoms. The van der Waals surface area contributed by atoms with Gasteiger partial charge in [-0.25, -0.2) is 10.4 Å². The summed E-state index contributed by atoms with van der Waals surface area (Å²) >= 11 is 0. The fraction of sp³-hybridized carbons (Fsp3) is 0.217. The second kappa shape index (κ2) is 10.6. The van der Waals surface area contributed by atoms with E-state index >= 15 is 0 Å². The van der Waals surface area contributed by atoms with Gasteiger partial charge in [0.2, 0.25) is 5.95 Å². The van der Waals surface area contributed by atoms with Crippen molar-refractivity contribution in [2.75, 3.05) is 12.0 Å². The lowest BCUT2D eigenvalue weighted by Crippen LogP contribution is -2.16. The van der Waals surface area contributed by atoms with E-state index in [1.807, 2.05) is 48.5 Å². The van der Waals surface area contributed by atoms with Gasteiger partial charge in [0.15, 0.2) is 0 Å². The van der Waals surface area contributed by atoms with Gasteiger partial charge < -0.3 is 4.74 Å². The third-order valence-electron chi connectivity index (χ3n) is 4.38. The standard InChI is InChI=1S/C23H23N5O2/c1-2-3-9-14-30-20-13-8-7-12-18(20)16-25-28-23-26-21(17-10-5-4-6-11-17)19(15-24)22(29)27-23/h4-8,10-13,16H,2-3,9,14H2,1H3,(H2,26,27,28,29). The zero-order valence-electron chi connectivity index (χ0n) is 16.8. The molecule has 0 fully saturated rings. The molecule has 0 saturated carbocycles.